The van der Waals surface area contributed by atoms with Crippen LogP contribution in [0.5, 0.6) is 0 Å². The van der Waals surface area contributed by atoms with E-state index in [0.29, 0.717) is 25.4 Å². The molecule has 30 heavy (non-hydrogen) atoms. The third kappa shape index (κ3) is 4.84. The maximum Gasteiger partial charge on any atom is 0.426 e. The lowest BCUT2D eigenvalue weighted by atomic mass is 10.1. The van der Waals surface area contributed by atoms with Crippen molar-refractivity contribution in [1.82, 2.24) is 10.3 Å². The second kappa shape index (κ2) is 9.51. The number of benzene rings is 2. The summed E-state index contributed by atoms with van der Waals surface area (Å²) in [5.41, 5.74) is 5.67. The third-order valence-electron chi connectivity index (χ3n) is 5.00. The number of morpholine rings is 1. The van der Waals surface area contributed by atoms with Crippen LogP contribution in [0, 0.1) is 0 Å². The number of carbonyl (C=O) groups excluding carboxylic acids is 2. The van der Waals surface area contributed by atoms with E-state index < -0.39 is 6.09 Å². The third-order valence-corrected chi connectivity index (χ3v) is 5.00. The van der Waals surface area contributed by atoms with Gasteiger partial charge in [-0.15, -0.1) is 0 Å². The number of hydrogen-bond donors (Lipinski definition) is 1. The Labute approximate surface area is 175 Å². The monoisotopic (exact) mass is 408 g/mol. The van der Waals surface area contributed by atoms with Crippen molar-refractivity contribution in [3.05, 3.63) is 65.7 Å². The molecule has 0 unspecified atom stereocenters. The van der Waals surface area contributed by atoms with Crippen LogP contribution in [-0.2, 0) is 20.9 Å². The Morgan fingerprint density at radius 3 is 2.60 bits per heavy atom. The van der Waals surface area contributed by atoms with Crippen molar-refractivity contribution in [3.63, 3.8) is 0 Å². The highest BCUT2D eigenvalue weighted by Gasteiger charge is 2.27. The molecular weight excluding hydrogens is 384 g/mol. The van der Waals surface area contributed by atoms with Gasteiger partial charge in [-0.05, 0) is 11.6 Å². The number of hydrazine groups is 1. The maximum atomic E-state index is 12.7. The molecule has 156 valence electrons. The summed E-state index contributed by atoms with van der Waals surface area (Å²) in [6.07, 6.45) is -0.696. The number of anilines is 1. The summed E-state index contributed by atoms with van der Waals surface area (Å²) in [5.74, 6) is -0.323. The van der Waals surface area contributed by atoms with Gasteiger partial charge in [0.2, 0.25) is 0 Å². The molecule has 2 aliphatic rings. The number of para-hydroxylation sites is 1. The largest absolute Gasteiger partial charge is 0.443 e. The topological polar surface area (TPSA) is 83.5 Å². The number of nitrogens with one attached hydrogen (secondary N) is 1. The summed E-state index contributed by atoms with van der Waals surface area (Å²) >= 11 is 0. The minimum atomic E-state index is -0.696. The lowest BCUT2D eigenvalue weighted by molar-refractivity contribution is -0.117. The molecule has 0 spiro atoms. The van der Waals surface area contributed by atoms with Crippen molar-refractivity contribution in [2.24, 2.45) is 4.99 Å². The van der Waals surface area contributed by atoms with E-state index in [4.69, 9.17) is 9.47 Å². The molecule has 1 fully saturated rings. The van der Waals surface area contributed by atoms with Gasteiger partial charge >= 0.3 is 6.09 Å². The van der Waals surface area contributed by atoms with Crippen LogP contribution in [0.2, 0.25) is 0 Å². The molecule has 2 aliphatic heterocycles. The van der Waals surface area contributed by atoms with E-state index in [2.05, 4.69) is 15.3 Å². The zero-order valence-corrected chi connectivity index (χ0v) is 16.6. The van der Waals surface area contributed by atoms with E-state index >= 15 is 0 Å². The molecule has 0 atom stereocenters. The first kappa shape index (κ1) is 20.1. The number of carbonyl (C=O) groups is 2. The van der Waals surface area contributed by atoms with Crippen LogP contribution < -0.4 is 10.4 Å². The first-order chi connectivity index (χ1) is 14.7. The predicted octanol–water partition coefficient (Wildman–Crippen LogP) is 2.00. The molecule has 1 N–H and O–H groups in total. The molecule has 0 aliphatic carbocycles. The Kier molecular flexibility index (Phi) is 6.36. The van der Waals surface area contributed by atoms with E-state index in [1.165, 1.54) is 5.01 Å². The van der Waals surface area contributed by atoms with Gasteiger partial charge in [-0.2, -0.15) is 0 Å². The first-order valence-electron chi connectivity index (χ1n) is 9.94. The molecule has 2 heterocycles. The van der Waals surface area contributed by atoms with E-state index in [1.54, 1.807) is 6.07 Å². The van der Waals surface area contributed by atoms with Gasteiger partial charge in [0.25, 0.3) is 5.91 Å². The average Bonchev–Trinajstić information content (AvgIpc) is 2.91. The van der Waals surface area contributed by atoms with E-state index in [9.17, 15) is 9.59 Å². The summed E-state index contributed by atoms with van der Waals surface area (Å²) in [4.78, 5) is 31.9. The highest BCUT2D eigenvalue weighted by molar-refractivity contribution is 6.13. The number of rotatable bonds is 5. The number of aliphatic imine (C=N–C) groups is 1. The van der Waals surface area contributed by atoms with Gasteiger partial charge in [0.05, 0.1) is 24.6 Å². The molecule has 0 saturated carbocycles. The Hall–Kier alpha value is -3.23. The smallest absolute Gasteiger partial charge is 0.426 e. The number of benzodiazepines with no additional fused rings is 1. The van der Waals surface area contributed by atoms with Crippen LogP contribution >= 0.6 is 0 Å². The highest BCUT2D eigenvalue weighted by Crippen LogP contribution is 2.23. The molecule has 1 saturated heterocycles. The van der Waals surface area contributed by atoms with Gasteiger partial charge in [0, 0.05) is 25.2 Å². The van der Waals surface area contributed by atoms with Crippen LogP contribution in [0.1, 0.15) is 11.1 Å². The van der Waals surface area contributed by atoms with Gasteiger partial charge in [-0.3, -0.25) is 14.7 Å². The van der Waals surface area contributed by atoms with Crippen LogP contribution in [0.15, 0.2) is 59.6 Å². The van der Waals surface area contributed by atoms with Crippen LogP contribution in [0.4, 0.5) is 10.5 Å². The summed E-state index contributed by atoms with van der Waals surface area (Å²) in [6, 6.07) is 16.8. The minimum Gasteiger partial charge on any atom is -0.443 e. The lowest BCUT2D eigenvalue weighted by Crippen LogP contribution is -2.47. The molecular formula is C22H24N4O4. The summed E-state index contributed by atoms with van der Waals surface area (Å²) in [5, 5.41) is 1.23. The van der Waals surface area contributed by atoms with Gasteiger partial charge in [-0.1, -0.05) is 48.5 Å². The molecule has 0 bridgehead atoms. The molecule has 4 rings (SSSR count). The van der Waals surface area contributed by atoms with Crippen LogP contribution in [-0.4, -0.2) is 62.0 Å². The Balaban J connectivity index is 1.48. The fourth-order valence-corrected chi connectivity index (χ4v) is 3.44. The Morgan fingerprint density at radius 1 is 1.07 bits per heavy atom. The van der Waals surface area contributed by atoms with Crippen molar-refractivity contribution < 1.29 is 19.1 Å². The first-order valence-corrected chi connectivity index (χ1v) is 9.94. The van der Waals surface area contributed by atoms with Crippen molar-refractivity contribution >= 4 is 23.4 Å². The summed E-state index contributed by atoms with van der Waals surface area (Å²) in [7, 11) is 0. The minimum absolute atomic E-state index is 0.0483. The molecule has 2 aromatic rings. The van der Waals surface area contributed by atoms with Gasteiger partial charge < -0.3 is 9.47 Å². The highest BCUT2D eigenvalue weighted by atomic mass is 16.6. The van der Waals surface area contributed by atoms with Crippen molar-refractivity contribution in [2.45, 2.75) is 6.61 Å². The SMILES string of the molecule is O=C(NN1C(=O)CN=C(CN2CCOCC2)c2ccccc21)OCc1ccccc1. The van der Waals surface area contributed by atoms with E-state index in [-0.39, 0.29) is 19.1 Å². The number of ether oxygens (including phenoxy) is 2. The number of nitrogens with zero attached hydrogens (tertiary/aromatic N) is 3. The van der Waals surface area contributed by atoms with Crippen LogP contribution in [0.25, 0.3) is 0 Å². The summed E-state index contributed by atoms with van der Waals surface area (Å²) < 4.78 is 10.7. The number of fused-ring (bicyclic) bond motifs is 1. The number of amides is 2. The molecule has 8 heteroatoms. The normalized spacial score (nSPS) is 17.0. The molecule has 0 radical (unpaired) electrons. The second-order valence-electron chi connectivity index (χ2n) is 7.07. The van der Waals surface area contributed by atoms with Crippen molar-refractivity contribution in [1.29, 1.82) is 0 Å². The quantitative estimate of drug-likeness (QED) is 0.818. The standard InChI is InChI=1S/C22H24N4O4/c27-21-14-23-19(15-25-10-12-29-13-11-25)18-8-4-5-9-20(18)26(21)24-22(28)30-16-17-6-2-1-3-7-17/h1-9H,10-16H2,(H,24,28). The maximum absolute atomic E-state index is 12.7. The zero-order valence-electron chi connectivity index (χ0n) is 16.6. The lowest BCUT2D eigenvalue weighted by Gasteiger charge is -2.27. The van der Waals surface area contributed by atoms with Gasteiger partial charge in [0.15, 0.2) is 0 Å². The number of hydrogen-bond acceptors (Lipinski definition) is 6. The molecule has 2 aromatic carbocycles. The van der Waals surface area contributed by atoms with Crippen LogP contribution in [0.3, 0.4) is 0 Å². The van der Waals surface area contributed by atoms with Gasteiger partial charge in [-0.25, -0.2) is 15.2 Å². The predicted molar refractivity (Wildman–Crippen MR) is 112 cm³/mol. The van der Waals surface area contributed by atoms with Crippen molar-refractivity contribution in [3.8, 4) is 0 Å². The molecule has 2 amide bonds. The molecule has 8 nitrogen and oxygen atoms in total. The Bertz CT molecular complexity index is 926. The van der Waals surface area contributed by atoms with E-state index in [0.717, 1.165) is 29.9 Å². The molecule has 0 aromatic heterocycles. The summed E-state index contributed by atoms with van der Waals surface area (Å²) in [6.45, 7) is 3.72. The Morgan fingerprint density at radius 2 is 1.80 bits per heavy atom. The zero-order chi connectivity index (χ0) is 20.8. The van der Waals surface area contributed by atoms with Crippen molar-refractivity contribution in [2.75, 3.05) is 44.4 Å². The fraction of sp³-hybridized carbons (Fsp3) is 0.318. The second-order valence-corrected chi connectivity index (χ2v) is 7.07. The average molecular weight is 408 g/mol. The fourth-order valence-electron chi connectivity index (χ4n) is 3.44. The van der Waals surface area contributed by atoms with E-state index in [1.807, 2.05) is 48.5 Å². The van der Waals surface area contributed by atoms with Gasteiger partial charge in [0.1, 0.15) is 13.2 Å².